The van der Waals surface area contributed by atoms with Crippen LogP contribution in [-0.4, -0.2) is 33.5 Å². The third-order valence-electron chi connectivity index (χ3n) is 6.53. The molecule has 0 amide bonds. The monoisotopic (exact) mass is 519 g/mol. The minimum absolute atomic E-state index is 0.412. The van der Waals surface area contributed by atoms with Gasteiger partial charge in [-0.05, 0) is 49.9 Å². The highest BCUT2D eigenvalue weighted by molar-refractivity contribution is 5.84. The van der Waals surface area contributed by atoms with Crippen LogP contribution in [0.4, 0.5) is 29.2 Å². The predicted octanol–water partition coefficient (Wildman–Crippen LogP) is 4.43. The van der Waals surface area contributed by atoms with E-state index in [4.69, 9.17) is 20.2 Å². The van der Waals surface area contributed by atoms with Crippen molar-refractivity contribution in [1.29, 1.82) is 0 Å². The molecule has 5 rings (SSSR count). The molecule has 3 aromatic rings. The molecule has 1 fully saturated rings. The van der Waals surface area contributed by atoms with Crippen molar-refractivity contribution >= 4 is 17.5 Å². The van der Waals surface area contributed by atoms with E-state index in [1.54, 1.807) is 12.3 Å². The van der Waals surface area contributed by atoms with Gasteiger partial charge in [0.2, 0.25) is 12.2 Å². The fraction of sp³-hybridized carbons (Fsp3) is 0.375. The molecule has 1 saturated carbocycles. The molecule has 1 unspecified atom stereocenters. The predicted molar refractivity (Wildman–Crippen MR) is 126 cm³/mol. The molecular formula is C24H25F4N7O2. The maximum absolute atomic E-state index is 14.5. The minimum Gasteiger partial charge on any atom is -0.487 e. The van der Waals surface area contributed by atoms with Crippen LogP contribution in [0.15, 0.2) is 53.8 Å². The first-order chi connectivity index (χ1) is 17.7. The number of nitrogens with one attached hydrogen (secondary N) is 3. The Balaban J connectivity index is 1.32. The number of anilines is 2. The first kappa shape index (κ1) is 24.8. The lowest BCUT2D eigenvalue weighted by Gasteiger charge is -2.39. The van der Waals surface area contributed by atoms with Crippen LogP contribution >= 0.6 is 0 Å². The molecule has 196 valence electrons. The largest absolute Gasteiger partial charge is 0.487 e. The van der Waals surface area contributed by atoms with Gasteiger partial charge in [-0.15, -0.1) is 5.10 Å². The molecule has 1 aliphatic heterocycles. The molecular weight excluding hydrogens is 494 g/mol. The second-order valence-corrected chi connectivity index (χ2v) is 9.08. The van der Waals surface area contributed by atoms with Gasteiger partial charge < -0.3 is 14.8 Å². The highest BCUT2D eigenvalue weighted by Crippen LogP contribution is 2.43. The summed E-state index contributed by atoms with van der Waals surface area (Å²) in [7, 11) is 0. The third kappa shape index (κ3) is 5.45. The maximum Gasteiger partial charge on any atom is 0.419 e. The van der Waals surface area contributed by atoms with E-state index in [1.807, 2.05) is 18.2 Å². The molecule has 1 aromatic carbocycles. The van der Waals surface area contributed by atoms with Crippen LogP contribution in [0, 0.1) is 11.2 Å². The molecule has 0 bridgehead atoms. The molecule has 1 aliphatic carbocycles. The zero-order valence-corrected chi connectivity index (χ0v) is 19.6. The number of aromatic nitrogens is 3. The van der Waals surface area contributed by atoms with Gasteiger partial charge in [0.25, 0.3) is 0 Å². The van der Waals surface area contributed by atoms with E-state index < -0.39 is 41.2 Å². The average Bonchev–Trinajstić information content (AvgIpc) is 3.53. The Labute approximate surface area is 209 Å². The standard InChI is InChI=1S/C24H25F4N7O2/c25-20-16(24(26,27)28)4-2-5-17(20)36-15-7-10-23(11-8-15,21-34-35-22(29)37-21)13-14-3-1-6-18(31-14)32-19-9-12-30-33-19/h1-6,9,12,15,22,35H,7-8,10-11,13,29H2,(H2,30,31,32,33). The summed E-state index contributed by atoms with van der Waals surface area (Å²) < 4.78 is 65.2. The number of pyridine rings is 1. The fourth-order valence-electron chi connectivity index (χ4n) is 4.72. The van der Waals surface area contributed by atoms with Gasteiger partial charge in [-0.3, -0.25) is 16.3 Å². The Bertz CT molecular complexity index is 1260. The average molecular weight is 520 g/mol. The first-order valence-corrected chi connectivity index (χ1v) is 11.7. The summed E-state index contributed by atoms with van der Waals surface area (Å²) in [5, 5.41) is 14.2. The Morgan fingerprint density at radius 1 is 1.14 bits per heavy atom. The van der Waals surface area contributed by atoms with Gasteiger partial charge in [-0.25, -0.2) is 9.37 Å². The molecule has 0 spiro atoms. The van der Waals surface area contributed by atoms with Crippen molar-refractivity contribution in [3.05, 3.63) is 65.7 Å². The minimum atomic E-state index is -4.80. The lowest BCUT2D eigenvalue weighted by Crippen LogP contribution is -2.42. The van der Waals surface area contributed by atoms with Gasteiger partial charge in [0.05, 0.1) is 23.3 Å². The maximum atomic E-state index is 14.5. The number of aromatic amines is 1. The van der Waals surface area contributed by atoms with E-state index >= 15 is 0 Å². The number of hydrogen-bond donors (Lipinski definition) is 4. The van der Waals surface area contributed by atoms with Crippen LogP contribution in [0.3, 0.4) is 0 Å². The number of H-pyrrole nitrogens is 1. The van der Waals surface area contributed by atoms with Crippen molar-refractivity contribution in [2.45, 2.75) is 50.7 Å². The summed E-state index contributed by atoms with van der Waals surface area (Å²) in [6, 6.07) is 10.4. The van der Waals surface area contributed by atoms with Gasteiger partial charge >= 0.3 is 6.18 Å². The second kappa shape index (κ2) is 9.88. The van der Waals surface area contributed by atoms with E-state index in [0.29, 0.717) is 55.7 Å². The number of halogens is 4. The Morgan fingerprint density at radius 2 is 1.92 bits per heavy atom. The molecule has 2 aromatic heterocycles. The molecule has 0 saturated heterocycles. The normalized spacial score (nSPS) is 23.6. The fourth-order valence-corrected chi connectivity index (χ4v) is 4.72. The van der Waals surface area contributed by atoms with Gasteiger partial charge in [0.15, 0.2) is 11.6 Å². The zero-order chi connectivity index (χ0) is 26.0. The SMILES string of the molecule is NC1NN=C(C2(Cc3cccc(Nc4ccn[nH]4)n3)CCC(Oc3cccc(C(F)(F)F)c3F)CC2)O1. The number of nitrogens with two attached hydrogens (primary N) is 1. The van der Waals surface area contributed by atoms with E-state index in [9.17, 15) is 17.6 Å². The van der Waals surface area contributed by atoms with Crippen LogP contribution < -0.4 is 21.2 Å². The summed E-state index contributed by atoms with van der Waals surface area (Å²) in [5.41, 5.74) is 7.40. The van der Waals surface area contributed by atoms with Crippen LogP contribution in [0.2, 0.25) is 0 Å². The highest BCUT2D eigenvalue weighted by atomic mass is 19.4. The summed E-state index contributed by atoms with van der Waals surface area (Å²) in [6.07, 6.45) is -2.03. The van der Waals surface area contributed by atoms with E-state index in [2.05, 4.69) is 26.0 Å². The van der Waals surface area contributed by atoms with Crippen molar-refractivity contribution in [2.24, 2.45) is 16.3 Å². The zero-order valence-electron chi connectivity index (χ0n) is 19.6. The van der Waals surface area contributed by atoms with Crippen molar-refractivity contribution < 1.29 is 27.0 Å². The quantitative estimate of drug-likeness (QED) is 0.341. The van der Waals surface area contributed by atoms with Gasteiger partial charge in [0.1, 0.15) is 11.6 Å². The number of benzene rings is 1. The second-order valence-electron chi connectivity index (χ2n) is 9.08. The molecule has 9 nitrogen and oxygen atoms in total. The van der Waals surface area contributed by atoms with Crippen molar-refractivity contribution in [2.75, 3.05) is 5.32 Å². The summed E-state index contributed by atoms with van der Waals surface area (Å²) in [6.45, 7) is 0. The lowest BCUT2D eigenvalue weighted by molar-refractivity contribution is -0.140. The van der Waals surface area contributed by atoms with Crippen LogP contribution in [0.5, 0.6) is 5.75 Å². The molecule has 2 aliphatic rings. The smallest absolute Gasteiger partial charge is 0.419 e. The summed E-state index contributed by atoms with van der Waals surface area (Å²) >= 11 is 0. The lowest BCUT2D eigenvalue weighted by atomic mass is 9.70. The number of rotatable bonds is 7. The van der Waals surface area contributed by atoms with E-state index in [1.165, 1.54) is 6.07 Å². The van der Waals surface area contributed by atoms with Gasteiger partial charge in [-0.1, -0.05) is 12.1 Å². The summed E-state index contributed by atoms with van der Waals surface area (Å²) in [4.78, 5) is 4.70. The number of hydrazone groups is 1. The number of ether oxygens (including phenoxy) is 2. The highest BCUT2D eigenvalue weighted by Gasteiger charge is 2.45. The Kier molecular flexibility index (Phi) is 6.63. The van der Waals surface area contributed by atoms with Crippen molar-refractivity contribution in [3.63, 3.8) is 0 Å². The van der Waals surface area contributed by atoms with Crippen LogP contribution in [0.25, 0.3) is 0 Å². The van der Waals surface area contributed by atoms with E-state index in [0.717, 1.165) is 11.8 Å². The topological polar surface area (TPSA) is 122 Å². The Hall–Kier alpha value is -3.87. The van der Waals surface area contributed by atoms with Crippen molar-refractivity contribution in [3.8, 4) is 5.75 Å². The van der Waals surface area contributed by atoms with Crippen LogP contribution in [-0.2, 0) is 17.3 Å². The number of alkyl halides is 3. The first-order valence-electron chi connectivity index (χ1n) is 11.7. The third-order valence-corrected chi connectivity index (χ3v) is 6.53. The number of nitrogens with zero attached hydrogens (tertiary/aromatic N) is 3. The molecule has 0 radical (unpaired) electrons. The molecule has 13 heteroatoms. The van der Waals surface area contributed by atoms with Crippen molar-refractivity contribution in [1.82, 2.24) is 20.6 Å². The molecule has 3 heterocycles. The van der Waals surface area contributed by atoms with Gasteiger partial charge in [0, 0.05) is 18.2 Å². The van der Waals surface area contributed by atoms with Gasteiger partial charge in [-0.2, -0.15) is 18.3 Å². The summed E-state index contributed by atoms with van der Waals surface area (Å²) in [5.74, 6) is -0.0611. The van der Waals surface area contributed by atoms with Crippen LogP contribution in [0.1, 0.15) is 36.9 Å². The Morgan fingerprint density at radius 3 is 2.59 bits per heavy atom. The molecule has 1 atom stereocenters. The van der Waals surface area contributed by atoms with E-state index in [-0.39, 0.29) is 0 Å². The number of hydrogen-bond acceptors (Lipinski definition) is 8. The molecule has 5 N–H and O–H groups in total. The molecule has 37 heavy (non-hydrogen) atoms.